The summed E-state index contributed by atoms with van der Waals surface area (Å²) >= 11 is 1.93. The van der Waals surface area contributed by atoms with Gasteiger partial charge in [-0.1, -0.05) is 13.3 Å². The van der Waals surface area contributed by atoms with Crippen LogP contribution in [0.2, 0.25) is 0 Å². The van der Waals surface area contributed by atoms with Gasteiger partial charge in [0, 0.05) is 23.8 Å². The number of carbonyl (C=O) groups is 1. The smallest absolute Gasteiger partial charge is 0.224 e. The standard InChI is InChI=1S/C12H24N2OS/c1-9(8-13-2)12(15)14-10-5-4-6-11(7-10)16-3/h9-11,13H,4-8H2,1-3H3,(H,14,15). The summed E-state index contributed by atoms with van der Waals surface area (Å²) in [4.78, 5) is 11.8. The van der Waals surface area contributed by atoms with Gasteiger partial charge in [-0.3, -0.25) is 4.79 Å². The Balaban J connectivity index is 2.32. The van der Waals surface area contributed by atoms with E-state index < -0.39 is 0 Å². The predicted octanol–water partition coefficient (Wildman–Crippen LogP) is 1.63. The van der Waals surface area contributed by atoms with Crippen molar-refractivity contribution < 1.29 is 4.79 Å². The first-order valence-electron chi connectivity index (χ1n) is 6.15. The molecule has 3 atom stereocenters. The van der Waals surface area contributed by atoms with Crippen LogP contribution in [-0.4, -0.2) is 37.0 Å². The molecular formula is C12H24N2OS. The van der Waals surface area contributed by atoms with Gasteiger partial charge in [-0.05, 0) is 32.6 Å². The van der Waals surface area contributed by atoms with E-state index in [1.165, 1.54) is 12.8 Å². The van der Waals surface area contributed by atoms with E-state index >= 15 is 0 Å². The molecule has 1 rings (SSSR count). The zero-order chi connectivity index (χ0) is 12.0. The fourth-order valence-corrected chi connectivity index (χ4v) is 3.06. The Morgan fingerprint density at radius 2 is 2.25 bits per heavy atom. The highest BCUT2D eigenvalue weighted by Gasteiger charge is 2.23. The first-order chi connectivity index (χ1) is 7.67. The zero-order valence-electron chi connectivity index (χ0n) is 10.6. The van der Waals surface area contributed by atoms with Gasteiger partial charge in [-0.2, -0.15) is 11.8 Å². The number of hydrogen-bond acceptors (Lipinski definition) is 3. The Hall–Kier alpha value is -0.220. The highest BCUT2D eigenvalue weighted by atomic mass is 32.2. The molecule has 0 aromatic rings. The first kappa shape index (κ1) is 13.8. The molecule has 1 amide bonds. The molecule has 0 heterocycles. The third-order valence-corrected chi connectivity index (χ3v) is 4.36. The molecule has 0 aliphatic heterocycles. The largest absolute Gasteiger partial charge is 0.353 e. The van der Waals surface area contributed by atoms with Crippen LogP contribution >= 0.6 is 11.8 Å². The van der Waals surface area contributed by atoms with Crippen molar-refractivity contribution in [3.63, 3.8) is 0 Å². The van der Waals surface area contributed by atoms with Gasteiger partial charge >= 0.3 is 0 Å². The summed E-state index contributed by atoms with van der Waals surface area (Å²) in [6.07, 6.45) is 7.00. The van der Waals surface area contributed by atoms with E-state index in [4.69, 9.17) is 0 Å². The molecule has 2 N–H and O–H groups in total. The molecule has 0 aromatic carbocycles. The summed E-state index contributed by atoms with van der Waals surface area (Å²) in [5.41, 5.74) is 0. The fraction of sp³-hybridized carbons (Fsp3) is 0.917. The fourth-order valence-electron chi connectivity index (χ4n) is 2.23. The van der Waals surface area contributed by atoms with E-state index in [9.17, 15) is 4.79 Å². The molecule has 0 saturated heterocycles. The van der Waals surface area contributed by atoms with Crippen LogP contribution in [0.25, 0.3) is 0 Å². The second-order valence-corrected chi connectivity index (χ2v) is 5.83. The van der Waals surface area contributed by atoms with Crippen LogP contribution in [0.1, 0.15) is 32.6 Å². The lowest BCUT2D eigenvalue weighted by Crippen LogP contribution is -2.43. The molecule has 4 heteroatoms. The van der Waals surface area contributed by atoms with Crippen LogP contribution in [-0.2, 0) is 4.79 Å². The number of hydrogen-bond donors (Lipinski definition) is 2. The quantitative estimate of drug-likeness (QED) is 0.772. The normalized spacial score (nSPS) is 27.4. The van der Waals surface area contributed by atoms with Crippen molar-refractivity contribution in [2.24, 2.45) is 5.92 Å². The average molecular weight is 244 g/mol. The number of thioether (sulfide) groups is 1. The summed E-state index contributed by atoms with van der Waals surface area (Å²) in [6, 6.07) is 0.401. The second-order valence-electron chi connectivity index (χ2n) is 4.69. The van der Waals surface area contributed by atoms with Gasteiger partial charge in [0.1, 0.15) is 0 Å². The van der Waals surface area contributed by atoms with Gasteiger partial charge in [-0.25, -0.2) is 0 Å². The Kier molecular flexibility index (Phi) is 6.21. The van der Waals surface area contributed by atoms with E-state index in [-0.39, 0.29) is 11.8 Å². The molecule has 3 unspecified atom stereocenters. The van der Waals surface area contributed by atoms with E-state index in [2.05, 4.69) is 16.9 Å². The van der Waals surface area contributed by atoms with Crippen LogP contribution in [0.3, 0.4) is 0 Å². The molecule has 94 valence electrons. The zero-order valence-corrected chi connectivity index (χ0v) is 11.4. The van der Waals surface area contributed by atoms with Crippen LogP contribution in [0.5, 0.6) is 0 Å². The minimum absolute atomic E-state index is 0.0691. The van der Waals surface area contributed by atoms with E-state index in [1.807, 2.05) is 25.7 Å². The number of nitrogens with one attached hydrogen (secondary N) is 2. The topological polar surface area (TPSA) is 41.1 Å². The van der Waals surface area contributed by atoms with Crippen molar-refractivity contribution in [2.45, 2.75) is 43.9 Å². The second kappa shape index (κ2) is 7.17. The lowest BCUT2D eigenvalue weighted by molar-refractivity contribution is -0.125. The molecule has 0 spiro atoms. The minimum atomic E-state index is 0.0691. The van der Waals surface area contributed by atoms with Crippen LogP contribution in [0.15, 0.2) is 0 Å². The monoisotopic (exact) mass is 244 g/mol. The molecule has 0 bridgehead atoms. The van der Waals surface area contributed by atoms with Crippen molar-refractivity contribution >= 4 is 17.7 Å². The lowest BCUT2D eigenvalue weighted by Gasteiger charge is -2.29. The van der Waals surface area contributed by atoms with Gasteiger partial charge in [0.25, 0.3) is 0 Å². The summed E-state index contributed by atoms with van der Waals surface area (Å²) < 4.78 is 0. The molecule has 0 aromatic heterocycles. The van der Waals surface area contributed by atoms with E-state index in [0.29, 0.717) is 6.04 Å². The maximum Gasteiger partial charge on any atom is 0.224 e. The molecule has 3 nitrogen and oxygen atoms in total. The molecular weight excluding hydrogens is 220 g/mol. The summed E-state index contributed by atoms with van der Waals surface area (Å²) in [7, 11) is 1.88. The summed E-state index contributed by atoms with van der Waals surface area (Å²) in [5.74, 6) is 0.265. The van der Waals surface area contributed by atoms with Crippen molar-refractivity contribution in [1.29, 1.82) is 0 Å². The van der Waals surface area contributed by atoms with Gasteiger partial charge in [-0.15, -0.1) is 0 Å². The van der Waals surface area contributed by atoms with E-state index in [1.54, 1.807) is 0 Å². The highest BCUT2D eigenvalue weighted by molar-refractivity contribution is 7.99. The van der Waals surface area contributed by atoms with Crippen molar-refractivity contribution in [2.75, 3.05) is 19.8 Å². The van der Waals surface area contributed by atoms with Gasteiger partial charge in [0.05, 0.1) is 0 Å². The van der Waals surface area contributed by atoms with E-state index in [0.717, 1.165) is 24.6 Å². The maximum absolute atomic E-state index is 11.8. The van der Waals surface area contributed by atoms with Gasteiger partial charge in [0.2, 0.25) is 5.91 Å². The molecule has 16 heavy (non-hydrogen) atoms. The average Bonchev–Trinajstić information content (AvgIpc) is 2.29. The van der Waals surface area contributed by atoms with Crippen LogP contribution < -0.4 is 10.6 Å². The van der Waals surface area contributed by atoms with Crippen LogP contribution in [0, 0.1) is 5.92 Å². The SMILES string of the molecule is CNCC(C)C(=O)NC1CCCC(SC)C1. The summed E-state index contributed by atoms with van der Waals surface area (Å²) in [6.45, 7) is 2.73. The highest BCUT2D eigenvalue weighted by Crippen LogP contribution is 2.26. The van der Waals surface area contributed by atoms with Crippen molar-refractivity contribution in [3.05, 3.63) is 0 Å². The Bertz CT molecular complexity index is 223. The van der Waals surface area contributed by atoms with Crippen molar-refractivity contribution in [1.82, 2.24) is 10.6 Å². The third kappa shape index (κ3) is 4.34. The minimum Gasteiger partial charge on any atom is -0.353 e. The number of amides is 1. The Morgan fingerprint density at radius 1 is 1.50 bits per heavy atom. The predicted molar refractivity (Wildman–Crippen MR) is 70.8 cm³/mol. The van der Waals surface area contributed by atoms with Gasteiger partial charge < -0.3 is 10.6 Å². The Morgan fingerprint density at radius 3 is 2.88 bits per heavy atom. The van der Waals surface area contributed by atoms with Crippen LogP contribution in [0.4, 0.5) is 0 Å². The number of rotatable bonds is 5. The molecule has 1 fully saturated rings. The molecule has 1 aliphatic carbocycles. The lowest BCUT2D eigenvalue weighted by atomic mass is 9.94. The first-order valence-corrected chi connectivity index (χ1v) is 7.44. The van der Waals surface area contributed by atoms with Crippen molar-refractivity contribution in [3.8, 4) is 0 Å². The number of carbonyl (C=O) groups excluding carboxylic acids is 1. The molecule has 1 saturated carbocycles. The summed E-state index contributed by atoms with van der Waals surface area (Å²) in [5, 5.41) is 6.95. The Labute approximate surface area is 103 Å². The maximum atomic E-state index is 11.8. The molecule has 1 aliphatic rings. The third-order valence-electron chi connectivity index (χ3n) is 3.26. The molecule has 0 radical (unpaired) electrons. The van der Waals surface area contributed by atoms with Gasteiger partial charge in [0.15, 0.2) is 0 Å².